The fourth-order valence-corrected chi connectivity index (χ4v) is 3.60. The van der Waals surface area contributed by atoms with E-state index in [4.69, 9.17) is 4.74 Å². The maximum absolute atomic E-state index is 12.3. The smallest absolute Gasteiger partial charge is 0.223 e. The van der Waals surface area contributed by atoms with E-state index in [1.54, 1.807) is 0 Å². The molecule has 1 heterocycles. The third-order valence-electron chi connectivity index (χ3n) is 5.31. The van der Waals surface area contributed by atoms with Gasteiger partial charge in [-0.05, 0) is 24.2 Å². The number of nitrogens with one attached hydrogen (secondary N) is 1. The number of hydrogen-bond donors (Lipinski definition) is 1. The normalized spacial score (nSPS) is 16.5. The van der Waals surface area contributed by atoms with Gasteiger partial charge in [-0.2, -0.15) is 0 Å². The molecule has 28 heavy (non-hydrogen) atoms. The van der Waals surface area contributed by atoms with E-state index in [1.165, 1.54) is 5.56 Å². The van der Waals surface area contributed by atoms with Gasteiger partial charge in [0.25, 0.3) is 0 Å². The average Bonchev–Trinajstić information content (AvgIpc) is 2.76. The average molecular weight is 382 g/mol. The fourth-order valence-electron chi connectivity index (χ4n) is 3.60. The van der Waals surface area contributed by atoms with Crippen molar-refractivity contribution in [2.24, 2.45) is 0 Å². The molecule has 1 unspecified atom stereocenters. The Bertz CT molecular complexity index is 700. The highest BCUT2D eigenvalue weighted by molar-refractivity contribution is 5.76. The molecule has 0 bridgehead atoms. The molecular weight excluding hydrogens is 350 g/mol. The fraction of sp³-hybridized carbons (Fsp3) is 0.435. The van der Waals surface area contributed by atoms with E-state index in [0.717, 1.165) is 38.5 Å². The molecule has 150 valence electrons. The molecule has 1 fully saturated rings. The van der Waals surface area contributed by atoms with Gasteiger partial charge in [0, 0.05) is 32.7 Å². The molecule has 1 aliphatic rings. The zero-order chi connectivity index (χ0) is 19.6. The second kappa shape index (κ2) is 10.8. The van der Waals surface area contributed by atoms with E-state index < -0.39 is 0 Å². The summed E-state index contributed by atoms with van der Waals surface area (Å²) < 4.78 is 5.63. The molecule has 1 amide bonds. The summed E-state index contributed by atoms with van der Waals surface area (Å²) in [7, 11) is 0. The monoisotopic (exact) mass is 381 g/mol. The molecule has 2 aromatic rings. The van der Waals surface area contributed by atoms with Gasteiger partial charge in [-0.1, -0.05) is 55.5 Å². The van der Waals surface area contributed by atoms with Gasteiger partial charge in [0.05, 0.1) is 19.1 Å². The lowest BCUT2D eigenvalue weighted by molar-refractivity contribution is -0.121. The number of likely N-dealkylation sites (N-methyl/N-ethyl adjacent to an activating group) is 1. The van der Waals surface area contributed by atoms with Crippen LogP contribution in [0.15, 0.2) is 60.7 Å². The van der Waals surface area contributed by atoms with Crippen LogP contribution in [0.4, 0.5) is 0 Å². The van der Waals surface area contributed by atoms with Crippen molar-refractivity contribution in [1.82, 2.24) is 15.1 Å². The number of hydrogen-bond acceptors (Lipinski definition) is 4. The Morgan fingerprint density at radius 2 is 1.64 bits per heavy atom. The Kier molecular flexibility index (Phi) is 7.88. The molecule has 2 aromatic carbocycles. The first-order chi connectivity index (χ1) is 13.8. The van der Waals surface area contributed by atoms with Crippen LogP contribution < -0.4 is 10.1 Å². The molecule has 5 heteroatoms. The van der Waals surface area contributed by atoms with Crippen molar-refractivity contribution in [3.8, 4) is 5.75 Å². The van der Waals surface area contributed by atoms with Gasteiger partial charge in [-0.25, -0.2) is 0 Å². The Labute approximate surface area is 168 Å². The summed E-state index contributed by atoms with van der Waals surface area (Å²) in [5.74, 6) is 0.829. The van der Waals surface area contributed by atoms with E-state index >= 15 is 0 Å². The summed E-state index contributed by atoms with van der Waals surface area (Å²) in [6.45, 7) is 8.55. The number of rotatable bonds is 9. The third-order valence-corrected chi connectivity index (χ3v) is 5.31. The highest BCUT2D eigenvalue weighted by Gasteiger charge is 2.24. The molecular formula is C23H31N3O2. The van der Waals surface area contributed by atoms with E-state index in [1.807, 2.05) is 36.4 Å². The highest BCUT2D eigenvalue weighted by Crippen LogP contribution is 2.21. The lowest BCUT2D eigenvalue weighted by Gasteiger charge is -2.39. The minimum atomic E-state index is 0.0315. The standard InChI is InChI=1S/C23H31N3O2/c1-2-25-14-16-26(17-15-25)22(20-9-5-3-6-10-20)19-24-23(27)13-18-28-21-11-7-4-8-12-21/h3-12,22H,2,13-19H2,1H3,(H,24,27). The molecule has 0 spiro atoms. The summed E-state index contributed by atoms with van der Waals surface area (Å²) in [5.41, 5.74) is 1.26. The second-order valence-electron chi connectivity index (χ2n) is 7.11. The minimum absolute atomic E-state index is 0.0315. The molecule has 3 rings (SSSR count). The van der Waals surface area contributed by atoms with Crippen molar-refractivity contribution < 1.29 is 9.53 Å². The van der Waals surface area contributed by atoms with Crippen LogP contribution >= 0.6 is 0 Å². The van der Waals surface area contributed by atoms with Crippen LogP contribution in [0, 0.1) is 0 Å². The van der Waals surface area contributed by atoms with Crippen molar-refractivity contribution in [2.75, 3.05) is 45.9 Å². The quantitative estimate of drug-likeness (QED) is 0.725. The number of benzene rings is 2. The molecule has 0 aliphatic carbocycles. The Hall–Kier alpha value is -2.37. The lowest BCUT2D eigenvalue weighted by Crippen LogP contribution is -2.49. The number of ether oxygens (including phenoxy) is 1. The predicted molar refractivity (Wildman–Crippen MR) is 112 cm³/mol. The predicted octanol–water partition coefficient (Wildman–Crippen LogP) is 2.95. The van der Waals surface area contributed by atoms with Crippen molar-refractivity contribution in [3.63, 3.8) is 0 Å². The first-order valence-corrected chi connectivity index (χ1v) is 10.2. The summed E-state index contributed by atoms with van der Waals surface area (Å²) in [5, 5.41) is 3.12. The van der Waals surface area contributed by atoms with Crippen LogP contribution in [0.3, 0.4) is 0 Å². The second-order valence-corrected chi connectivity index (χ2v) is 7.11. The van der Waals surface area contributed by atoms with E-state index in [0.29, 0.717) is 19.6 Å². The number of piperazine rings is 1. The molecule has 0 aromatic heterocycles. The number of carbonyl (C=O) groups is 1. The number of para-hydroxylation sites is 1. The molecule has 1 atom stereocenters. The number of amides is 1. The van der Waals surface area contributed by atoms with Gasteiger partial charge in [0.2, 0.25) is 5.91 Å². The van der Waals surface area contributed by atoms with Crippen LogP contribution in [0.25, 0.3) is 0 Å². The maximum atomic E-state index is 12.3. The van der Waals surface area contributed by atoms with Gasteiger partial charge in [0.1, 0.15) is 5.75 Å². The van der Waals surface area contributed by atoms with Gasteiger partial charge >= 0.3 is 0 Å². The van der Waals surface area contributed by atoms with Crippen molar-refractivity contribution in [3.05, 3.63) is 66.2 Å². The first kappa shape index (κ1) is 20.4. The van der Waals surface area contributed by atoms with Crippen molar-refractivity contribution >= 4 is 5.91 Å². The van der Waals surface area contributed by atoms with Crippen LogP contribution in [-0.4, -0.2) is 61.6 Å². The Balaban J connectivity index is 1.50. The summed E-state index contributed by atoms with van der Waals surface area (Å²) >= 11 is 0. The highest BCUT2D eigenvalue weighted by atomic mass is 16.5. The van der Waals surface area contributed by atoms with Crippen LogP contribution in [-0.2, 0) is 4.79 Å². The molecule has 1 N–H and O–H groups in total. The summed E-state index contributed by atoms with van der Waals surface area (Å²) in [6.07, 6.45) is 0.361. The zero-order valence-corrected chi connectivity index (χ0v) is 16.7. The maximum Gasteiger partial charge on any atom is 0.223 e. The molecule has 1 aliphatic heterocycles. The van der Waals surface area contributed by atoms with Crippen LogP contribution in [0.2, 0.25) is 0 Å². The topological polar surface area (TPSA) is 44.8 Å². The SMILES string of the molecule is CCN1CCN(C(CNC(=O)CCOc2ccccc2)c2ccccc2)CC1. The van der Waals surface area contributed by atoms with Crippen molar-refractivity contribution in [1.29, 1.82) is 0 Å². The molecule has 0 saturated carbocycles. The van der Waals surface area contributed by atoms with Crippen molar-refractivity contribution in [2.45, 2.75) is 19.4 Å². The molecule has 5 nitrogen and oxygen atoms in total. The van der Waals surface area contributed by atoms with Gasteiger partial charge < -0.3 is 15.0 Å². The zero-order valence-electron chi connectivity index (χ0n) is 16.7. The third kappa shape index (κ3) is 6.08. The van der Waals surface area contributed by atoms with E-state index in [9.17, 15) is 4.79 Å². The van der Waals surface area contributed by atoms with Gasteiger partial charge in [0.15, 0.2) is 0 Å². The Morgan fingerprint density at radius 1 is 1.00 bits per heavy atom. The van der Waals surface area contributed by atoms with Gasteiger partial charge in [-0.3, -0.25) is 9.69 Å². The van der Waals surface area contributed by atoms with E-state index in [2.05, 4.69) is 46.3 Å². The first-order valence-electron chi connectivity index (χ1n) is 10.2. The Morgan fingerprint density at radius 3 is 2.29 bits per heavy atom. The summed E-state index contributed by atoms with van der Waals surface area (Å²) in [4.78, 5) is 17.3. The van der Waals surface area contributed by atoms with E-state index in [-0.39, 0.29) is 11.9 Å². The van der Waals surface area contributed by atoms with Crippen LogP contribution in [0.5, 0.6) is 5.75 Å². The number of carbonyl (C=O) groups excluding carboxylic acids is 1. The van der Waals surface area contributed by atoms with Gasteiger partial charge in [-0.15, -0.1) is 0 Å². The lowest BCUT2D eigenvalue weighted by atomic mass is 10.0. The molecule has 1 saturated heterocycles. The number of nitrogens with zero attached hydrogens (tertiary/aromatic N) is 2. The summed E-state index contributed by atoms with van der Waals surface area (Å²) in [6, 6.07) is 20.3. The minimum Gasteiger partial charge on any atom is -0.493 e. The van der Waals surface area contributed by atoms with Crippen LogP contribution in [0.1, 0.15) is 24.9 Å². The molecule has 0 radical (unpaired) electrons. The largest absolute Gasteiger partial charge is 0.493 e.